The molecule has 4 unspecified atom stereocenters. The fourth-order valence-electron chi connectivity index (χ4n) is 2.92. The third-order valence-electron chi connectivity index (χ3n) is 3.87. The van der Waals surface area contributed by atoms with E-state index < -0.39 is 41.6 Å². The minimum absolute atomic E-state index is 0.116. The summed E-state index contributed by atoms with van der Waals surface area (Å²) in [5.41, 5.74) is 0.442. The Morgan fingerprint density at radius 1 is 1.05 bits per heavy atom. The first kappa shape index (κ1) is 14.5. The second kappa shape index (κ2) is 5.58. The molecule has 5 nitrogen and oxygen atoms in total. The molecule has 0 amide bonds. The number of carboxylic acids is 2. The third kappa shape index (κ3) is 2.65. The zero-order chi connectivity index (χ0) is 14.9. The van der Waals surface area contributed by atoms with Crippen molar-refractivity contribution in [1.82, 2.24) is 0 Å². The van der Waals surface area contributed by atoms with Gasteiger partial charge in [0.25, 0.3) is 0 Å². The molecule has 108 valence electrons. The average molecular weight is 282 g/mol. The highest BCUT2D eigenvalue weighted by Gasteiger charge is 2.46. The van der Waals surface area contributed by atoms with Crippen molar-refractivity contribution in [2.24, 2.45) is 11.8 Å². The van der Waals surface area contributed by atoms with Crippen molar-refractivity contribution in [3.63, 3.8) is 0 Å². The standard InChI is InChI=1S/C14H15FO5/c15-8-3-1-7(2-4-8)11-10(16)6-5-9(13(17)18)12(11)14(19)20/h1-4,9-12,16H,5-6H2,(H,17,18)(H,19,20). The first-order valence-electron chi connectivity index (χ1n) is 6.31. The predicted molar refractivity (Wildman–Crippen MR) is 66.6 cm³/mol. The van der Waals surface area contributed by atoms with Crippen LogP contribution in [0, 0.1) is 17.7 Å². The molecule has 1 aromatic carbocycles. The Labute approximate surface area is 114 Å². The van der Waals surface area contributed by atoms with E-state index in [1.807, 2.05) is 0 Å². The lowest BCUT2D eigenvalue weighted by Gasteiger charge is -2.37. The van der Waals surface area contributed by atoms with Crippen LogP contribution in [0.5, 0.6) is 0 Å². The Hall–Kier alpha value is -1.95. The van der Waals surface area contributed by atoms with Crippen molar-refractivity contribution >= 4 is 11.9 Å². The lowest BCUT2D eigenvalue weighted by molar-refractivity contribution is -0.159. The van der Waals surface area contributed by atoms with E-state index in [2.05, 4.69) is 0 Å². The lowest BCUT2D eigenvalue weighted by Crippen LogP contribution is -2.43. The fraction of sp³-hybridized carbons (Fsp3) is 0.429. The molecule has 0 radical (unpaired) electrons. The molecule has 0 saturated heterocycles. The molecule has 2 rings (SSSR count). The number of halogens is 1. The van der Waals surface area contributed by atoms with Gasteiger partial charge >= 0.3 is 11.9 Å². The minimum Gasteiger partial charge on any atom is -0.481 e. The van der Waals surface area contributed by atoms with E-state index in [0.29, 0.717) is 5.56 Å². The SMILES string of the molecule is O=C(O)C1CCC(O)C(c2ccc(F)cc2)C1C(=O)O. The maximum atomic E-state index is 12.9. The van der Waals surface area contributed by atoms with Gasteiger partial charge < -0.3 is 15.3 Å². The van der Waals surface area contributed by atoms with Gasteiger partial charge in [0.1, 0.15) is 5.82 Å². The summed E-state index contributed by atoms with van der Waals surface area (Å²) in [4.78, 5) is 22.6. The molecule has 1 aliphatic carbocycles. The first-order valence-corrected chi connectivity index (χ1v) is 6.31. The van der Waals surface area contributed by atoms with Gasteiger partial charge in [-0.3, -0.25) is 9.59 Å². The number of aliphatic carboxylic acids is 2. The van der Waals surface area contributed by atoms with Crippen LogP contribution in [0.15, 0.2) is 24.3 Å². The maximum absolute atomic E-state index is 12.9. The Morgan fingerprint density at radius 2 is 1.65 bits per heavy atom. The number of rotatable bonds is 3. The highest BCUT2D eigenvalue weighted by Crippen LogP contribution is 2.42. The molecule has 1 aliphatic rings. The summed E-state index contributed by atoms with van der Waals surface area (Å²) in [6.45, 7) is 0. The number of aliphatic hydroxyl groups excluding tert-OH is 1. The number of carboxylic acid groups (broad SMARTS) is 2. The smallest absolute Gasteiger partial charge is 0.308 e. The largest absolute Gasteiger partial charge is 0.481 e. The van der Waals surface area contributed by atoms with Crippen molar-refractivity contribution in [3.05, 3.63) is 35.6 Å². The summed E-state index contributed by atoms with van der Waals surface area (Å²) < 4.78 is 12.9. The number of hydrogen-bond donors (Lipinski definition) is 3. The lowest BCUT2D eigenvalue weighted by atomic mass is 9.68. The van der Waals surface area contributed by atoms with Gasteiger partial charge in [-0.2, -0.15) is 0 Å². The van der Waals surface area contributed by atoms with Crippen LogP contribution in [-0.4, -0.2) is 33.4 Å². The first-order chi connectivity index (χ1) is 9.41. The maximum Gasteiger partial charge on any atom is 0.308 e. The van der Waals surface area contributed by atoms with Gasteiger partial charge in [-0.1, -0.05) is 12.1 Å². The van der Waals surface area contributed by atoms with Crippen LogP contribution in [0.4, 0.5) is 4.39 Å². The van der Waals surface area contributed by atoms with E-state index in [1.165, 1.54) is 24.3 Å². The number of carbonyl (C=O) groups is 2. The normalized spacial score (nSPS) is 29.9. The molecular formula is C14H15FO5. The highest BCUT2D eigenvalue weighted by atomic mass is 19.1. The van der Waals surface area contributed by atoms with E-state index in [-0.39, 0.29) is 12.8 Å². The van der Waals surface area contributed by atoms with Crippen LogP contribution in [0.1, 0.15) is 24.3 Å². The molecule has 0 aliphatic heterocycles. The van der Waals surface area contributed by atoms with Gasteiger partial charge in [-0.15, -0.1) is 0 Å². The predicted octanol–water partition coefficient (Wildman–Crippen LogP) is 1.47. The second-order valence-electron chi connectivity index (χ2n) is 5.03. The molecule has 0 heterocycles. The van der Waals surface area contributed by atoms with Crippen molar-refractivity contribution in [2.75, 3.05) is 0 Å². The van der Waals surface area contributed by atoms with E-state index >= 15 is 0 Å². The molecule has 0 bridgehead atoms. The minimum atomic E-state index is -1.26. The van der Waals surface area contributed by atoms with E-state index in [4.69, 9.17) is 5.11 Å². The summed E-state index contributed by atoms with van der Waals surface area (Å²) in [7, 11) is 0. The van der Waals surface area contributed by atoms with Crippen molar-refractivity contribution in [2.45, 2.75) is 24.9 Å². The monoisotopic (exact) mass is 282 g/mol. The van der Waals surface area contributed by atoms with Gasteiger partial charge in [0, 0.05) is 5.92 Å². The van der Waals surface area contributed by atoms with Gasteiger partial charge in [0.15, 0.2) is 0 Å². The zero-order valence-electron chi connectivity index (χ0n) is 10.6. The van der Waals surface area contributed by atoms with Crippen LogP contribution < -0.4 is 0 Å². The number of hydrogen-bond acceptors (Lipinski definition) is 3. The van der Waals surface area contributed by atoms with Crippen LogP contribution in [0.2, 0.25) is 0 Å². The molecule has 0 aromatic heterocycles. The summed E-state index contributed by atoms with van der Waals surface area (Å²) in [5, 5.41) is 28.5. The van der Waals surface area contributed by atoms with Crippen molar-refractivity contribution in [3.8, 4) is 0 Å². The fourth-order valence-corrected chi connectivity index (χ4v) is 2.92. The molecule has 20 heavy (non-hydrogen) atoms. The molecule has 1 aromatic rings. The van der Waals surface area contributed by atoms with E-state index in [1.54, 1.807) is 0 Å². The topological polar surface area (TPSA) is 94.8 Å². The Kier molecular flexibility index (Phi) is 4.04. The van der Waals surface area contributed by atoms with Crippen LogP contribution in [0.3, 0.4) is 0 Å². The Balaban J connectivity index is 2.41. The third-order valence-corrected chi connectivity index (χ3v) is 3.87. The van der Waals surface area contributed by atoms with Gasteiger partial charge in [0.05, 0.1) is 17.9 Å². The molecule has 3 N–H and O–H groups in total. The summed E-state index contributed by atoms with van der Waals surface area (Å²) in [5.74, 6) is -6.03. The van der Waals surface area contributed by atoms with Crippen molar-refractivity contribution in [1.29, 1.82) is 0 Å². The quantitative estimate of drug-likeness (QED) is 0.780. The molecule has 0 spiro atoms. The van der Waals surface area contributed by atoms with E-state index in [9.17, 15) is 24.2 Å². The molecule has 4 atom stereocenters. The molecular weight excluding hydrogens is 267 g/mol. The van der Waals surface area contributed by atoms with Crippen LogP contribution in [0.25, 0.3) is 0 Å². The van der Waals surface area contributed by atoms with Gasteiger partial charge in [0.2, 0.25) is 0 Å². The van der Waals surface area contributed by atoms with Gasteiger partial charge in [-0.05, 0) is 30.5 Å². The summed E-state index contributed by atoms with van der Waals surface area (Å²) >= 11 is 0. The highest BCUT2D eigenvalue weighted by molar-refractivity contribution is 5.81. The zero-order valence-corrected chi connectivity index (χ0v) is 10.6. The van der Waals surface area contributed by atoms with Crippen LogP contribution in [-0.2, 0) is 9.59 Å². The average Bonchev–Trinajstić information content (AvgIpc) is 2.39. The summed E-state index contributed by atoms with van der Waals surface area (Å²) in [6.07, 6.45) is -0.620. The molecule has 1 fully saturated rings. The molecule has 6 heteroatoms. The summed E-state index contributed by atoms with van der Waals surface area (Å²) in [6, 6.07) is 5.13. The Morgan fingerprint density at radius 3 is 2.15 bits per heavy atom. The second-order valence-corrected chi connectivity index (χ2v) is 5.03. The number of aliphatic hydroxyl groups is 1. The molecule has 1 saturated carbocycles. The Bertz CT molecular complexity index is 513. The van der Waals surface area contributed by atoms with E-state index in [0.717, 1.165) is 0 Å². The van der Waals surface area contributed by atoms with Gasteiger partial charge in [-0.25, -0.2) is 4.39 Å². The van der Waals surface area contributed by atoms with Crippen LogP contribution >= 0.6 is 0 Å². The van der Waals surface area contributed by atoms with Crippen molar-refractivity contribution < 1.29 is 29.3 Å². The number of benzene rings is 1.